The van der Waals surface area contributed by atoms with Crippen LogP contribution < -0.4 is 14.9 Å². The van der Waals surface area contributed by atoms with Crippen LogP contribution in [-0.2, 0) is 0 Å². The minimum Gasteiger partial charge on any atom is -0.507 e. The van der Waals surface area contributed by atoms with Gasteiger partial charge in [-0.25, -0.2) is 5.43 Å². The minimum atomic E-state index is -0.552. The first-order valence-electron chi connectivity index (χ1n) is 6.69. The van der Waals surface area contributed by atoms with Gasteiger partial charge < -0.3 is 14.6 Å². The van der Waals surface area contributed by atoms with Crippen LogP contribution in [-0.4, -0.2) is 31.4 Å². The highest BCUT2D eigenvalue weighted by atomic mass is 79.9. The molecule has 8 heteroatoms. The van der Waals surface area contributed by atoms with Crippen LogP contribution in [0.2, 0.25) is 5.02 Å². The number of phenolic OH excluding ortho intramolecular Hbond substituents is 1. The number of carbonyl (C=O) groups is 1. The zero-order valence-electron chi connectivity index (χ0n) is 12.8. The zero-order chi connectivity index (χ0) is 17.7. The number of hydrogen-bond donors (Lipinski definition) is 2. The largest absolute Gasteiger partial charge is 0.507 e. The van der Waals surface area contributed by atoms with Crippen molar-refractivity contribution in [2.24, 2.45) is 5.10 Å². The average Bonchev–Trinajstić information content (AvgIpc) is 2.57. The molecule has 2 N–H and O–H groups in total. The van der Waals surface area contributed by atoms with Crippen LogP contribution in [0.5, 0.6) is 17.2 Å². The first-order valence-corrected chi connectivity index (χ1v) is 7.86. The smallest absolute Gasteiger partial charge is 0.275 e. The van der Waals surface area contributed by atoms with E-state index in [4.69, 9.17) is 21.1 Å². The molecule has 2 aromatic rings. The Morgan fingerprint density at radius 3 is 2.62 bits per heavy atom. The first kappa shape index (κ1) is 18.1. The van der Waals surface area contributed by atoms with Crippen molar-refractivity contribution in [3.8, 4) is 17.2 Å². The lowest BCUT2D eigenvalue weighted by Gasteiger charge is -2.09. The fourth-order valence-corrected chi connectivity index (χ4v) is 2.51. The molecule has 2 rings (SSSR count). The zero-order valence-corrected chi connectivity index (χ0v) is 15.2. The van der Waals surface area contributed by atoms with Crippen molar-refractivity contribution in [2.75, 3.05) is 14.2 Å². The summed E-state index contributed by atoms with van der Waals surface area (Å²) in [6.07, 6.45) is 1.39. The number of benzene rings is 2. The van der Waals surface area contributed by atoms with Crippen LogP contribution in [0.15, 0.2) is 39.9 Å². The van der Waals surface area contributed by atoms with E-state index in [1.807, 2.05) is 0 Å². The molecule has 0 atom stereocenters. The molecule has 0 saturated carbocycles. The summed E-state index contributed by atoms with van der Waals surface area (Å²) in [4.78, 5) is 12.0. The lowest BCUT2D eigenvalue weighted by atomic mass is 10.2. The first-order chi connectivity index (χ1) is 11.5. The van der Waals surface area contributed by atoms with Gasteiger partial charge in [-0.05, 0) is 24.3 Å². The summed E-state index contributed by atoms with van der Waals surface area (Å²) in [5.74, 6) is 0.257. The predicted octanol–water partition coefficient (Wildman–Crippen LogP) is 3.59. The van der Waals surface area contributed by atoms with E-state index in [1.54, 1.807) is 18.2 Å². The molecule has 0 bridgehead atoms. The molecule has 0 unspecified atom stereocenters. The van der Waals surface area contributed by atoms with Crippen molar-refractivity contribution in [3.05, 3.63) is 51.0 Å². The molecule has 0 fully saturated rings. The SMILES string of the molecule is COc1cc(OC)c(/C=N\NC(=O)c2cc(Br)ccc2O)cc1Cl. The quantitative estimate of drug-likeness (QED) is 0.580. The van der Waals surface area contributed by atoms with Crippen LogP contribution >= 0.6 is 27.5 Å². The fraction of sp³-hybridized carbons (Fsp3) is 0.125. The van der Waals surface area contributed by atoms with Gasteiger partial charge in [0.2, 0.25) is 0 Å². The third kappa shape index (κ3) is 4.18. The van der Waals surface area contributed by atoms with Gasteiger partial charge in [-0.3, -0.25) is 4.79 Å². The van der Waals surface area contributed by atoms with Gasteiger partial charge in [-0.1, -0.05) is 27.5 Å². The van der Waals surface area contributed by atoms with Crippen molar-refractivity contribution in [3.63, 3.8) is 0 Å². The Morgan fingerprint density at radius 1 is 1.25 bits per heavy atom. The second-order valence-electron chi connectivity index (χ2n) is 4.59. The Morgan fingerprint density at radius 2 is 1.96 bits per heavy atom. The van der Waals surface area contributed by atoms with Crippen molar-refractivity contribution in [1.29, 1.82) is 0 Å². The van der Waals surface area contributed by atoms with Gasteiger partial charge in [0, 0.05) is 16.1 Å². The standard InChI is InChI=1S/C16H14BrClN2O4/c1-23-14-7-15(24-2)12(18)5-9(14)8-19-20-16(22)11-6-10(17)3-4-13(11)21/h3-8,21H,1-2H3,(H,20,22)/b19-8-. The summed E-state index contributed by atoms with van der Waals surface area (Å²) >= 11 is 9.30. The van der Waals surface area contributed by atoms with Crippen LogP contribution in [0.25, 0.3) is 0 Å². The third-order valence-corrected chi connectivity index (χ3v) is 3.87. The van der Waals surface area contributed by atoms with Crippen LogP contribution in [0, 0.1) is 0 Å². The molecule has 0 aliphatic rings. The summed E-state index contributed by atoms with van der Waals surface area (Å²) in [5.41, 5.74) is 2.99. The molecule has 0 aromatic heterocycles. The molecule has 1 amide bonds. The van der Waals surface area contributed by atoms with Gasteiger partial charge in [0.25, 0.3) is 5.91 Å². The molecule has 2 aromatic carbocycles. The van der Waals surface area contributed by atoms with Crippen molar-refractivity contribution in [2.45, 2.75) is 0 Å². The second-order valence-corrected chi connectivity index (χ2v) is 5.91. The lowest BCUT2D eigenvalue weighted by molar-refractivity contribution is 0.0952. The number of nitrogens with one attached hydrogen (secondary N) is 1. The number of rotatable bonds is 5. The summed E-state index contributed by atoms with van der Waals surface area (Å²) in [7, 11) is 3.00. The van der Waals surface area contributed by atoms with Crippen LogP contribution in [0.4, 0.5) is 0 Å². The molecule has 0 aliphatic heterocycles. The lowest BCUT2D eigenvalue weighted by Crippen LogP contribution is -2.17. The molecule has 0 saturated heterocycles. The third-order valence-electron chi connectivity index (χ3n) is 3.08. The summed E-state index contributed by atoms with van der Waals surface area (Å²) in [5, 5.41) is 14.0. The van der Waals surface area contributed by atoms with E-state index in [0.717, 1.165) is 0 Å². The number of amides is 1. The number of phenols is 1. The number of methoxy groups -OCH3 is 2. The number of hydrazone groups is 1. The number of ether oxygens (including phenoxy) is 2. The topological polar surface area (TPSA) is 80.2 Å². The van der Waals surface area contributed by atoms with Crippen molar-refractivity contribution in [1.82, 2.24) is 5.43 Å². The predicted molar refractivity (Wildman–Crippen MR) is 95.4 cm³/mol. The molecular weight excluding hydrogens is 400 g/mol. The van der Waals surface area contributed by atoms with Gasteiger partial charge in [0.15, 0.2) is 0 Å². The number of halogens is 2. The van der Waals surface area contributed by atoms with Gasteiger partial charge in [0.1, 0.15) is 17.2 Å². The molecule has 0 radical (unpaired) electrons. The highest BCUT2D eigenvalue weighted by molar-refractivity contribution is 9.10. The molecule has 6 nitrogen and oxygen atoms in total. The Balaban J connectivity index is 2.18. The van der Waals surface area contributed by atoms with Gasteiger partial charge in [0.05, 0.1) is 31.0 Å². The minimum absolute atomic E-state index is 0.0984. The van der Waals surface area contributed by atoms with E-state index in [-0.39, 0.29) is 11.3 Å². The molecule has 126 valence electrons. The maximum absolute atomic E-state index is 12.0. The van der Waals surface area contributed by atoms with E-state index in [2.05, 4.69) is 26.5 Å². The molecule has 24 heavy (non-hydrogen) atoms. The molecule has 0 spiro atoms. The number of hydrogen-bond acceptors (Lipinski definition) is 5. The van der Waals surface area contributed by atoms with E-state index in [0.29, 0.717) is 26.6 Å². The van der Waals surface area contributed by atoms with Gasteiger partial charge in [-0.15, -0.1) is 0 Å². The highest BCUT2D eigenvalue weighted by Crippen LogP contribution is 2.31. The van der Waals surface area contributed by atoms with Gasteiger partial charge in [-0.2, -0.15) is 5.10 Å². The number of nitrogens with zero attached hydrogens (tertiary/aromatic N) is 1. The van der Waals surface area contributed by atoms with Crippen LogP contribution in [0.1, 0.15) is 15.9 Å². The summed E-state index contributed by atoms with van der Waals surface area (Å²) < 4.78 is 11.0. The molecular formula is C16H14BrClN2O4. The Kier molecular flexibility index (Phi) is 6.05. The molecule has 0 aliphatic carbocycles. The van der Waals surface area contributed by atoms with Gasteiger partial charge >= 0.3 is 0 Å². The maximum Gasteiger partial charge on any atom is 0.275 e. The van der Waals surface area contributed by atoms with E-state index < -0.39 is 5.91 Å². The van der Waals surface area contributed by atoms with Crippen molar-refractivity contribution >= 4 is 39.7 Å². The monoisotopic (exact) mass is 412 g/mol. The average molecular weight is 414 g/mol. The number of carbonyl (C=O) groups excluding carboxylic acids is 1. The Bertz CT molecular complexity index is 796. The van der Waals surface area contributed by atoms with Crippen molar-refractivity contribution < 1.29 is 19.4 Å². The van der Waals surface area contributed by atoms with E-state index in [1.165, 1.54) is 32.6 Å². The second kappa shape index (κ2) is 8.03. The highest BCUT2D eigenvalue weighted by Gasteiger charge is 2.11. The fourth-order valence-electron chi connectivity index (χ4n) is 1.90. The van der Waals surface area contributed by atoms with Crippen LogP contribution in [0.3, 0.4) is 0 Å². The normalized spacial score (nSPS) is 10.7. The number of aromatic hydroxyl groups is 1. The summed E-state index contributed by atoms with van der Waals surface area (Å²) in [6.45, 7) is 0. The van der Waals surface area contributed by atoms with E-state index in [9.17, 15) is 9.90 Å². The summed E-state index contributed by atoms with van der Waals surface area (Å²) in [6, 6.07) is 7.75. The van der Waals surface area contributed by atoms with E-state index >= 15 is 0 Å². The molecule has 0 heterocycles. The Labute approximate surface area is 152 Å². The maximum atomic E-state index is 12.0. The Hall–Kier alpha value is -2.25.